The van der Waals surface area contributed by atoms with Crippen LogP contribution in [-0.4, -0.2) is 11.6 Å². The van der Waals surface area contributed by atoms with Crippen LogP contribution in [0.1, 0.15) is 79.1 Å². The van der Waals surface area contributed by atoms with E-state index in [9.17, 15) is 4.79 Å². The average Bonchev–Trinajstić information content (AvgIpc) is 2.38. The van der Waals surface area contributed by atoms with E-state index in [0.29, 0.717) is 5.92 Å². The summed E-state index contributed by atoms with van der Waals surface area (Å²) in [7, 11) is 0. The molecule has 0 N–H and O–H groups in total. The first-order chi connectivity index (χ1) is 8.53. The smallest absolute Gasteiger partial charge is 0.309 e. The molecule has 106 valence electrons. The van der Waals surface area contributed by atoms with E-state index >= 15 is 0 Å². The lowest BCUT2D eigenvalue weighted by Crippen LogP contribution is -2.40. The molecule has 1 aliphatic rings. The van der Waals surface area contributed by atoms with E-state index in [2.05, 4.69) is 13.8 Å². The SMILES string of the molecule is CCC(C)CC1(OC(=O)C(C)CC)CCCCC1. The molecule has 0 amide bonds. The second kappa shape index (κ2) is 7.16. The Bertz CT molecular complexity index is 254. The minimum absolute atomic E-state index is 0.0164. The summed E-state index contributed by atoms with van der Waals surface area (Å²) in [5.74, 6) is 0.705. The Morgan fingerprint density at radius 2 is 1.72 bits per heavy atom. The second-order valence-electron chi connectivity index (χ2n) is 6.19. The molecule has 0 bridgehead atoms. The molecule has 0 aromatic rings. The molecule has 1 saturated carbocycles. The fourth-order valence-electron chi connectivity index (χ4n) is 2.80. The van der Waals surface area contributed by atoms with Crippen LogP contribution in [0.4, 0.5) is 0 Å². The minimum atomic E-state index is -0.145. The van der Waals surface area contributed by atoms with Crippen molar-refractivity contribution in [3.63, 3.8) is 0 Å². The van der Waals surface area contributed by atoms with Crippen LogP contribution >= 0.6 is 0 Å². The molecular weight excluding hydrogens is 224 g/mol. The van der Waals surface area contributed by atoms with Gasteiger partial charge in [0.1, 0.15) is 5.60 Å². The molecule has 2 unspecified atom stereocenters. The normalized spacial score (nSPS) is 22.2. The van der Waals surface area contributed by atoms with E-state index in [1.807, 2.05) is 13.8 Å². The Morgan fingerprint density at radius 1 is 1.11 bits per heavy atom. The Balaban J connectivity index is 2.68. The number of esters is 1. The van der Waals surface area contributed by atoms with Gasteiger partial charge in [0.2, 0.25) is 0 Å². The topological polar surface area (TPSA) is 26.3 Å². The number of hydrogen-bond acceptors (Lipinski definition) is 2. The molecule has 0 saturated heterocycles. The van der Waals surface area contributed by atoms with Gasteiger partial charge in [-0.15, -0.1) is 0 Å². The van der Waals surface area contributed by atoms with Gasteiger partial charge in [-0.3, -0.25) is 4.79 Å². The van der Waals surface area contributed by atoms with Crippen molar-refractivity contribution in [3.8, 4) is 0 Å². The monoisotopic (exact) mass is 254 g/mol. The van der Waals surface area contributed by atoms with Gasteiger partial charge in [0.05, 0.1) is 5.92 Å². The number of carbonyl (C=O) groups is 1. The second-order valence-corrected chi connectivity index (χ2v) is 6.19. The Hall–Kier alpha value is -0.530. The summed E-state index contributed by atoms with van der Waals surface area (Å²) in [4.78, 5) is 12.1. The molecule has 2 heteroatoms. The fourth-order valence-corrected chi connectivity index (χ4v) is 2.80. The standard InChI is InChI=1S/C16H30O2/c1-5-13(3)12-16(10-8-7-9-11-16)18-15(17)14(4)6-2/h13-14H,5-12H2,1-4H3. The van der Waals surface area contributed by atoms with Gasteiger partial charge in [-0.05, 0) is 44.4 Å². The van der Waals surface area contributed by atoms with E-state index < -0.39 is 0 Å². The summed E-state index contributed by atoms with van der Waals surface area (Å²) >= 11 is 0. The molecule has 0 heterocycles. The summed E-state index contributed by atoms with van der Waals surface area (Å²) in [6.45, 7) is 8.52. The lowest BCUT2D eigenvalue weighted by atomic mass is 9.78. The van der Waals surface area contributed by atoms with Crippen molar-refractivity contribution in [2.45, 2.75) is 84.7 Å². The highest BCUT2D eigenvalue weighted by Crippen LogP contribution is 2.38. The van der Waals surface area contributed by atoms with Gasteiger partial charge >= 0.3 is 5.97 Å². The first-order valence-electron chi connectivity index (χ1n) is 7.76. The lowest BCUT2D eigenvalue weighted by molar-refractivity contribution is -0.170. The van der Waals surface area contributed by atoms with E-state index in [1.165, 1.54) is 25.7 Å². The fraction of sp³-hybridized carbons (Fsp3) is 0.938. The molecule has 1 fully saturated rings. The Kier molecular flexibility index (Phi) is 6.17. The molecule has 1 rings (SSSR count). The summed E-state index contributed by atoms with van der Waals surface area (Å²) in [6, 6.07) is 0. The highest BCUT2D eigenvalue weighted by atomic mass is 16.6. The largest absolute Gasteiger partial charge is 0.459 e. The zero-order valence-electron chi connectivity index (χ0n) is 12.6. The van der Waals surface area contributed by atoms with Crippen LogP contribution in [0.3, 0.4) is 0 Å². The van der Waals surface area contributed by atoms with Crippen LogP contribution in [0.2, 0.25) is 0 Å². The first kappa shape index (κ1) is 15.5. The van der Waals surface area contributed by atoms with Crippen molar-refractivity contribution in [3.05, 3.63) is 0 Å². The predicted molar refractivity (Wildman–Crippen MR) is 75.4 cm³/mol. The third kappa shape index (κ3) is 4.29. The van der Waals surface area contributed by atoms with Gasteiger partial charge in [-0.1, -0.05) is 40.5 Å². The van der Waals surface area contributed by atoms with Crippen LogP contribution in [0.5, 0.6) is 0 Å². The first-order valence-corrected chi connectivity index (χ1v) is 7.76. The molecule has 2 atom stereocenters. The van der Waals surface area contributed by atoms with Gasteiger partial charge in [0.25, 0.3) is 0 Å². The van der Waals surface area contributed by atoms with Crippen molar-refractivity contribution in [2.24, 2.45) is 11.8 Å². The molecule has 0 aliphatic heterocycles. The van der Waals surface area contributed by atoms with Crippen LogP contribution < -0.4 is 0 Å². The Morgan fingerprint density at radius 3 is 2.22 bits per heavy atom. The summed E-state index contributed by atoms with van der Waals surface area (Å²) < 4.78 is 5.97. The van der Waals surface area contributed by atoms with Crippen molar-refractivity contribution in [2.75, 3.05) is 0 Å². The van der Waals surface area contributed by atoms with E-state index in [1.54, 1.807) is 0 Å². The molecule has 0 spiro atoms. The predicted octanol–water partition coefficient (Wildman–Crippen LogP) is 4.71. The highest BCUT2D eigenvalue weighted by molar-refractivity contribution is 5.72. The van der Waals surface area contributed by atoms with Crippen LogP contribution in [0.15, 0.2) is 0 Å². The molecule has 2 nitrogen and oxygen atoms in total. The summed E-state index contributed by atoms with van der Waals surface area (Å²) in [5.41, 5.74) is -0.145. The van der Waals surface area contributed by atoms with E-state index in [4.69, 9.17) is 4.74 Å². The third-order valence-electron chi connectivity index (χ3n) is 4.51. The van der Waals surface area contributed by atoms with E-state index in [0.717, 1.165) is 25.7 Å². The third-order valence-corrected chi connectivity index (χ3v) is 4.51. The number of carbonyl (C=O) groups excluding carboxylic acids is 1. The zero-order chi connectivity index (χ0) is 13.6. The highest BCUT2D eigenvalue weighted by Gasteiger charge is 2.37. The maximum atomic E-state index is 12.1. The van der Waals surface area contributed by atoms with Crippen molar-refractivity contribution in [1.29, 1.82) is 0 Å². The van der Waals surface area contributed by atoms with Crippen molar-refractivity contribution in [1.82, 2.24) is 0 Å². The zero-order valence-corrected chi connectivity index (χ0v) is 12.6. The molecule has 0 radical (unpaired) electrons. The average molecular weight is 254 g/mol. The minimum Gasteiger partial charge on any atom is -0.459 e. The van der Waals surface area contributed by atoms with Gasteiger partial charge in [0.15, 0.2) is 0 Å². The molecule has 0 aromatic heterocycles. The number of hydrogen-bond donors (Lipinski definition) is 0. The maximum absolute atomic E-state index is 12.1. The van der Waals surface area contributed by atoms with E-state index in [-0.39, 0.29) is 17.5 Å². The summed E-state index contributed by atoms with van der Waals surface area (Å²) in [6.07, 6.45) is 8.95. The lowest BCUT2D eigenvalue weighted by Gasteiger charge is -2.39. The quantitative estimate of drug-likeness (QED) is 0.641. The molecule has 0 aromatic carbocycles. The van der Waals surface area contributed by atoms with Gasteiger partial charge in [0, 0.05) is 0 Å². The van der Waals surface area contributed by atoms with Gasteiger partial charge in [-0.25, -0.2) is 0 Å². The molecular formula is C16H30O2. The number of ether oxygens (including phenoxy) is 1. The van der Waals surface area contributed by atoms with Crippen molar-refractivity contribution >= 4 is 5.97 Å². The number of rotatable bonds is 6. The van der Waals surface area contributed by atoms with Crippen molar-refractivity contribution < 1.29 is 9.53 Å². The maximum Gasteiger partial charge on any atom is 0.309 e. The summed E-state index contributed by atoms with van der Waals surface area (Å²) in [5, 5.41) is 0. The van der Waals surface area contributed by atoms with Crippen LogP contribution in [0, 0.1) is 11.8 Å². The molecule has 18 heavy (non-hydrogen) atoms. The van der Waals surface area contributed by atoms with Gasteiger partial charge < -0.3 is 4.74 Å². The van der Waals surface area contributed by atoms with Gasteiger partial charge in [-0.2, -0.15) is 0 Å². The molecule has 1 aliphatic carbocycles. The Labute approximate surface area is 112 Å². The van der Waals surface area contributed by atoms with Crippen LogP contribution in [0.25, 0.3) is 0 Å². The van der Waals surface area contributed by atoms with Crippen LogP contribution in [-0.2, 0) is 9.53 Å².